The first-order chi connectivity index (χ1) is 9.61. The molecule has 21 heavy (non-hydrogen) atoms. The van der Waals surface area contributed by atoms with Crippen molar-refractivity contribution in [3.63, 3.8) is 0 Å². The van der Waals surface area contributed by atoms with E-state index in [1.54, 1.807) is 0 Å². The van der Waals surface area contributed by atoms with Crippen molar-refractivity contribution in [3.8, 4) is 0 Å². The molecule has 1 aromatic carbocycles. The molecule has 1 aromatic rings. The summed E-state index contributed by atoms with van der Waals surface area (Å²) in [5.41, 5.74) is 0. The third-order valence-electron chi connectivity index (χ3n) is 3.20. The molecular formula is C12H15NO6S2. The zero-order valence-electron chi connectivity index (χ0n) is 11.2. The van der Waals surface area contributed by atoms with E-state index in [-0.39, 0.29) is 15.7 Å². The maximum absolute atomic E-state index is 12.1. The van der Waals surface area contributed by atoms with E-state index in [1.165, 1.54) is 12.1 Å². The Labute approximate surface area is 123 Å². The standard InChI is InChI=1S/C12H15NO6S2/c1-20(16,17)9-4-6-10(7-5-9)21(18,19)13-11(12(14)15)8-2-3-8/h4-8,11,13H,2-3H2,1H3,(H,14,15). The van der Waals surface area contributed by atoms with Crippen molar-refractivity contribution < 1.29 is 26.7 Å². The highest BCUT2D eigenvalue weighted by Gasteiger charge is 2.39. The Morgan fingerprint density at radius 2 is 1.62 bits per heavy atom. The normalized spacial score (nSPS) is 17.4. The maximum atomic E-state index is 12.1. The molecule has 0 aliphatic heterocycles. The molecule has 2 rings (SSSR count). The van der Waals surface area contributed by atoms with Gasteiger partial charge in [-0.3, -0.25) is 4.79 Å². The maximum Gasteiger partial charge on any atom is 0.322 e. The van der Waals surface area contributed by atoms with Crippen LogP contribution in [-0.4, -0.2) is 40.2 Å². The highest BCUT2D eigenvalue weighted by atomic mass is 32.2. The van der Waals surface area contributed by atoms with Gasteiger partial charge in [-0.15, -0.1) is 0 Å². The molecule has 0 aromatic heterocycles. The van der Waals surface area contributed by atoms with Crippen LogP contribution in [0, 0.1) is 5.92 Å². The van der Waals surface area contributed by atoms with E-state index in [0.717, 1.165) is 18.4 Å². The molecule has 0 radical (unpaired) electrons. The first kappa shape index (κ1) is 15.9. The van der Waals surface area contributed by atoms with Crippen molar-refractivity contribution in [2.24, 2.45) is 5.92 Å². The van der Waals surface area contributed by atoms with E-state index >= 15 is 0 Å². The SMILES string of the molecule is CS(=O)(=O)c1ccc(S(=O)(=O)NC(C(=O)O)C2CC2)cc1. The number of hydrogen-bond acceptors (Lipinski definition) is 5. The summed E-state index contributed by atoms with van der Waals surface area (Å²) >= 11 is 0. The van der Waals surface area contributed by atoms with Gasteiger partial charge < -0.3 is 5.11 Å². The van der Waals surface area contributed by atoms with Crippen LogP contribution in [0.3, 0.4) is 0 Å². The van der Waals surface area contributed by atoms with E-state index < -0.39 is 31.9 Å². The number of rotatable bonds is 6. The lowest BCUT2D eigenvalue weighted by atomic mass is 10.2. The molecule has 0 amide bonds. The fourth-order valence-corrected chi connectivity index (χ4v) is 3.77. The summed E-state index contributed by atoms with van der Waals surface area (Å²) in [6, 6.07) is 3.49. The van der Waals surface area contributed by atoms with Gasteiger partial charge >= 0.3 is 5.97 Å². The molecule has 1 aliphatic carbocycles. The van der Waals surface area contributed by atoms with Crippen molar-refractivity contribution in [1.82, 2.24) is 4.72 Å². The molecule has 1 unspecified atom stereocenters. The van der Waals surface area contributed by atoms with Gasteiger partial charge in [-0.2, -0.15) is 4.72 Å². The first-order valence-corrected chi connectivity index (χ1v) is 9.54. The highest BCUT2D eigenvalue weighted by Crippen LogP contribution is 2.33. The number of sulfonamides is 1. The summed E-state index contributed by atoms with van der Waals surface area (Å²) in [6.07, 6.45) is 2.36. The second-order valence-corrected chi connectivity index (χ2v) is 8.75. The highest BCUT2D eigenvalue weighted by molar-refractivity contribution is 7.90. The Kier molecular flexibility index (Phi) is 4.09. The molecule has 1 fully saturated rings. The van der Waals surface area contributed by atoms with E-state index in [1.807, 2.05) is 0 Å². The zero-order chi connectivity index (χ0) is 15.8. The van der Waals surface area contributed by atoms with Gasteiger partial charge in [-0.05, 0) is 43.0 Å². The van der Waals surface area contributed by atoms with Gasteiger partial charge in [0, 0.05) is 6.26 Å². The van der Waals surface area contributed by atoms with Crippen molar-refractivity contribution in [2.75, 3.05) is 6.26 Å². The molecule has 0 bridgehead atoms. The Balaban J connectivity index is 2.25. The van der Waals surface area contributed by atoms with Crippen LogP contribution in [0.2, 0.25) is 0 Å². The fraction of sp³-hybridized carbons (Fsp3) is 0.417. The predicted molar refractivity (Wildman–Crippen MR) is 74.0 cm³/mol. The molecule has 116 valence electrons. The summed E-state index contributed by atoms with van der Waals surface area (Å²) in [5.74, 6) is -1.40. The molecule has 1 aliphatic rings. The summed E-state index contributed by atoms with van der Waals surface area (Å²) < 4.78 is 49.0. The van der Waals surface area contributed by atoms with E-state index in [2.05, 4.69) is 4.72 Å². The van der Waals surface area contributed by atoms with Gasteiger partial charge in [-0.1, -0.05) is 0 Å². The van der Waals surface area contributed by atoms with Gasteiger partial charge in [0.05, 0.1) is 9.79 Å². The average Bonchev–Trinajstić information content (AvgIpc) is 3.19. The lowest BCUT2D eigenvalue weighted by Gasteiger charge is -2.14. The van der Waals surface area contributed by atoms with E-state index in [0.29, 0.717) is 12.8 Å². The van der Waals surface area contributed by atoms with Crippen LogP contribution in [0.4, 0.5) is 0 Å². The van der Waals surface area contributed by atoms with Crippen molar-refractivity contribution in [3.05, 3.63) is 24.3 Å². The summed E-state index contributed by atoms with van der Waals surface area (Å²) in [4.78, 5) is 10.9. The Morgan fingerprint density at radius 3 is 2.00 bits per heavy atom. The first-order valence-electron chi connectivity index (χ1n) is 6.16. The minimum atomic E-state index is -4.00. The smallest absolute Gasteiger partial charge is 0.322 e. The van der Waals surface area contributed by atoms with Crippen molar-refractivity contribution in [2.45, 2.75) is 28.7 Å². The number of sulfone groups is 1. The molecule has 9 heteroatoms. The molecule has 0 saturated heterocycles. The average molecular weight is 333 g/mol. The van der Waals surface area contributed by atoms with Gasteiger partial charge in [0.15, 0.2) is 9.84 Å². The molecule has 0 heterocycles. The number of benzene rings is 1. The Morgan fingerprint density at radius 1 is 1.14 bits per heavy atom. The van der Waals surface area contributed by atoms with Crippen LogP contribution < -0.4 is 4.72 Å². The molecule has 7 nitrogen and oxygen atoms in total. The van der Waals surface area contributed by atoms with Crippen LogP contribution in [0.25, 0.3) is 0 Å². The van der Waals surface area contributed by atoms with Gasteiger partial charge in [0.1, 0.15) is 6.04 Å². The van der Waals surface area contributed by atoms with Crippen LogP contribution in [0.5, 0.6) is 0 Å². The van der Waals surface area contributed by atoms with E-state index in [9.17, 15) is 21.6 Å². The molecule has 2 N–H and O–H groups in total. The lowest BCUT2D eigenvalue weighted by Crippen LogP contribution is -2.42. The number of hydrogen-bond donors (Lipinski definition) is 2. The number of carbonyl (C=O) groups is 1. The Bertz CT molecular complexity index is 747. The number of nitrogens with one attached hydrogen (secondary N) is 1. The summed E-state index contributed by atoms with van der Waals surface area (Å²) in [6.45, 7) is 0. The largest absolute Gasteiger partial charge is 0.480 e. The van der Waals surface area contributed by atoms with Crippen LogP contribution in [-0.2, 0) is 24.7 Å². The van der Waals surface area contributed by atoms with Crippen LogP contribution in [0.15, 0.2) is 34.1 Å². The van der Waals surface area contributed by atoms with Crippen molar-refractivity contribution >= 4 is 25.8 Å². The minimum Gasteiger partial charge on any atom is -0.480 e. The lowest BCUT2D eigenvalue weighted by molar-refractivity contribution is -0.139. The summed E-state index contributed by atoms with van der Waals surface area (Å²) in [5, 5.41) is 9.04. The molecule has 0 spiro atoms. The third kappa shape index (κ3) is 3.80. The number of aliphatic carboxylic acids is 1. The monoisotopic (exact) mass is 333 g/mol. The van der Waals surface area contributed by atoms with Gasteiger partial charge in [0.2, 0.25) is 10.0 Å². The second kappa shape index (κ2) is 5.39. The number of carboxylic acids is 1. The quantitative estimate of drug-likeness (QED) is 0.769. The van der Waals surface area contributed by atoms with Crippen molar-refractivity contribution in [1.29, 1.82) is 0 Å². The molecular weight excluding hydrogens is 318 g/mol. The van der Waals surface area contributed by atoms with E-state index in [4.69, 9.17) is 5.11 Å². The summed E-state index contributed by atoms with van der Waals surface area (Å²) in [7, 11) is -7.41. The fourth-order valence-electron chi connectivity index (χ4n) is 1.88. The van der Waals surface area contributed by atoms with Crippen LogP contribution >= 0.6 is 0 Å². The molecule has 1 saturated carbocycles. The minimum absolute atomic E-state index is 0.00146. The third-order valence-corrected chi connectivity index (χ3v) is 5.79. The van der Waals surface area contributed by atoms with Gasteiger partial charge in [0.25, 0.3) is 0 Å². The van der Waals surface area contributed by atoms with Crippen LogP contribution in [0.1, 0.15) is 12.8 Å². The zero-order valence-corrected chi connectivity index (χ0v) is 12.8. The molecule has 1 atom stereocenters. The topological polar surface area (TPSA) is 118 Å². The number of carboxylic acid groups (broad SMARTS) is 1. The predicted octanol–water partition coefficient (Wildman–Crippen LogP) is 0.232. The Hall–Kier alpha value is -1.45. The van der Waals surface area contributed by atoms with Gasteiger partial charge in [-0.25, -0.2) is 16.8 Å². The second-order valence-electron chi connectivity index (χ2n) is 5.02.